The Balaban J connectivity index is 1.88. The van der Waals surface area contributed by atoms with Crippen molar-refractivity contribution < 1.29 is 19.7 Å². The van der Waals surface area contributed by atoms with E-state index in [4.69, 9.17) is 9.47 Å². The second kappa shape index (κ2) is 1.38. The Labute approximate surface area is 57.4 Å². The van der Waals surface area contributed by atoms with Gasteiger partial charge >= 0.3 is 0 Å². The van der Waals surface area contributed by atoms with Crippen LogP contribution in [0.5, 0.6) is 0 Å². The van der Waals surface area contributed by atoms with E-state index < -0.39 is 12.2 Å². The molecule has 0 aromatic carbocycles. The monoisotopic (exact) mass is 144 g/mol. The molecule has 3 fully saturated rings. The fourth-order valence-electron chi connectivity index (χ4n) is 1.75. The summed E-state index contributed by atoms with van der Waals surface area (Å²) in [7, 11) is 0. The van der Waals surface area contributed by atoms with Crippen LogP contribution in [0.4, 0.5) is 0 Å². The molecule has 4 nitrogen and oxygen atoms in total. The molecule has 4 unspecified atom stereocenters. The summed E-state index contributed by atoms with van der Waals surface area (Å²) in [5, 5.41) is 18.6. The molecule has 1 saturated carbocycles. The summed E-state index contributed by atoms with van der Waals surface area (Å²) < 4.78 is 10.0. The lowest BCUT2D eigenvalue weighted by Gasteiger charge is -2.11. The SMILES string of the molecule is OC1C2OC2C(O)C2OC12. The summed E-state index contributed by atoms with van der Waals surface area (Å²) in [4.78, 5) is 0. The van der Waals surface area contributed by atoms with E-state index in [1.54, 1.807) is 0 Å². The maximum absolute atomic E-state index is 9.29. The van der Waals surface area contributed by atoms with E-state index in [1.165, 1.54) is 0 Å². The maximum atomic E-state index is 9.29. The highest BCUT2D eigenvalue weighted by atomic mass is 16.7. The topological polar surface area (TPSA) is 65.5 Å². The third kappa shape index (κ3) is 0.473. The van der Waals surface area contributed by atoms with Gasteiger partial charge in [-0.25, -0.2) is 0 Å². The number of aliphatic hydroxyl groups excluding tert-OH is 2. The molecular weight excluding hydrogens is 136 g/mol. The van der Waals surface area contributed by atoms with Gasteiger partial charge in [-0.3, -0.25) is 0 Å². The lowest BCUT2D eigenvalue weighted by Crippen LogP contribution is -2.38. The molecule has 2 saturated heterocycles. The second-order valence-corrected chi connectivity index (χ2v) is 3.11. The molecule has 0 spiro atoms. The van der Waals surface area contributed by atoms with Crippen LogP contribution in [0.25, 0.3) is 0 Å². The molecular formula is C6H8O4. The molecule has 3 rings (SSSR count). The van der Waals surface area contributed by atoms with E-state index in [0.717, 1.165) is 0 Å². The molecule has 10 heavy (non-hydrogen) atoms. The van der Waals surface area contributed by atoms with Crippen molar-refractivity contribution >= 4 is 0 Å². The summed E-state index contributed by atoms with van der Waals surface area (Å²) in [5.74, 6) is 0. The normalized spacial score (nSPS) is 70.2. The number of fused-ring (bicyclic) bond motifs is 2. The van der Waals surface area contributed by atoms with Gasteiger partial charge in [0.15, 0.2) is 0 Å². The second-order valence-electron chi connectivity index (χ2n) is 3.11. The van der Waals surface area contributed by atoms with E-state index in [1.807, 2.05) is 0 Å². The molecule has 0 amide bonds. The Morgan fingerprint density at radius 2 is 1.00 bits per heavy atom. The number of ether oxygens (including phenoxy) is 2. The summed E-state index contributed by atoms with van der Waals surface area (Å²) in [6.45, 7) is 0. The predicted octanol–water partition coefficient (Wildman–Crippen LogP) is -1.74. The van der Waals surface area contributed by atoms with Crippen molar-refractivity contribution in [1.82, 2.24) is 0 Å². The van der Waals surface area contributed by atoms with Crippen LogP contribution in [0.15, 0.2) is 0 Å². The van der Waals surface area contributed by atoms with Crippen molar-refractivity contribution in [3.8, 4) is 0 Å². The molecule has 0 bridgehead atoms. The fraction of sp³-hybridized carbons (Fsp3) is 1.00. The van der Waals surface area contributed by atoms with Gasteiger partial charge in [0.25, 0.3) is 0 Å². The van der Waals surface area contributed by atoms with E-state index >= 15 is 0 Å². The third-order valence-electron chi connectivity index (χ3n) is 2.47. The van der Waals surface area contributed by atoms with Crippen LogP contribution in [0.2, 0.25) is 0 Å². The van der Waals surface area contributed by atoms with E-state index in [2.05, 4.69) is 0 Å². The number of epoxide rings is 2. The highest BCUT2D eigenvalue weighted by Crippen LogP contribution is 2.46. The van der Waals surface area contributed by atoms with Crippen molar-refractivity contribution in [2.45, 2.75) is 36.6 Å². The highest BCUT2D eigenvalue weighted by molar-refractivity contribution is 5.15. The van der Waals surface area contributed by atoms with Gasteiger partial charge in [0, 0.05) is 0 Å². The van der Waals surface area contributed by atoms with Crippen molar-refractivity contribution in [3.05, 3.63) is 0 Å². The minimum Gasteiger partial charge on any atom is -0.387 e. The molecule has 3 aliphatic rings. The molecule has 2 aliphatic heterocycles. The van der Waals surface area contributed by atoms with Crippen LogP contribution in [-0.2, 0) is 9.47 Å². The van der Waals surface area contributed by atoms with Gasteiger partial charge in [-0.2, -0.15) is 0 Å². The van der Waals surface area contributed by atoms with Gasteiger partial charge in [-0.15, -0.1) is 0 Å². The molecule has 2 N–H and O–H groups in total. The Hall–Kier alpha value is -0.160. The standard InChI is InChI=1S/C6H8O4/c7-1-3-5(9-3)2(8)6-4(1)10-6/h1-8H. The van der Waals surface area contributed by atoms with Crippen LogP contribution in [0.1, 0.15) is 0 Å². The average Bonchev–Trinajstić information content (AvgIpc) is 2.77. The largest absolute Gasteiger partial charge is 0.387 e. The number of rotatable bonds is 0. The highest BCUT2D eigenvalue weighted by Gasteiger charge is 2.68. The Bertz CT molecular complexity index is 147. The van der Waals surface area contributed by atoms with Crippen LogP contribution in [0.3, 0.4) is 0 Å². The molecule has 1 aliphatic carbocycles. The molecule has 4 heteroatoms. The number of hydrogen-bond acceptors (Lipinski definition) is 4. The smallest absolute Gasteiger partial charge is 0.115 e. The minimum absolute atomic E-state index is 0.154. The van der Waals surface area contributed by atoms with E-state index in [9.17, 15) is 10.2 Å². The van der Waals surface area contributed by atoms with Gasteiger partial charge in [-0.1, -0.05) is 0 Å². The molecule has 2 heterocycles. The van der Waals surface area contributed by atoms with E-state index in [-0.39, 0.29) is 24.4 Å². The molecule has 0 radical (unpaired) electrons. The summed E-state index contributed by atoms with van der Waals surface area (Å²) >= 11 is 0. The molecule has 0 aromatic heterocycles. The Morgan fingerprint density at radius 1 is 0.700 bits per heavy atom. The molecule has 4 atom stereocenters. The zero-order valence-corrected chi connectivity index (χ0v) is 5.18. The van der Waals surface area contributed by atoms with Crippen LogP contribution in [0, 0.1) is 0 Å². The predicted molar refractivity (Wildman–Crippen MR) is 29.3 cm³/mol. The van der Waals surface area contributed by atoms with Gasteiger partial charge in [0.2, 0.25) is 0 Å². The fourth-order valence-corrected chi connectivity index (χ4v) is 1.75. The van der Waals surface area contributed by atoms with E-state index in [0.29, 0.717) is 0 Å². The third-order valence-corrected chi connectivity index (χ3v) is 2.47. The van der Waals surface area contributed by atoms with Crippen LogP contribution < -0.4 is 0 Å². The zero-order chi connectivity index (χ0) is 6.88. The maximum Gasteiger partial charge on any atom is 0.115 e. The van der Waals surface area contributed by atoms with Gasteiger partial charge in [0.05, 0.1) is 0 Å². The summed E-state index contributed by atoms with van der Waals surface area (Å²) in [5.41, 5.74) is 0. The molecule has 0 aromatic rings. The summed E-state index contributed by atoms with van der Waals surface area (Å²) in [6.07, 6.45) is -1.62. The number of hydrogen-bond donors (Lipinski definition) is 2. The first-order valence-electron chi connectivity index (χ1n) is 3.46. The lowest BCUT2D eigenvalue weighted by molar-refractivity contribution is 0.100. The number of aliphatic hydroxyl groups is 2. The van der Waals surface area contributed by atoms with Crippen molar-refractivity contribution in [2.75, 3.05) is 0 Å². The first-order chi connectivity index (χ1) is 4.79. The first-order valence-corrected chi connectivity index (χ1v) is 3.46. The van der Waals surface area contributed by atoms with Crippen molar-refractivity contribution in [2.24, 2.45) is 0 Å². The van der Waals surface area contributed by atoms with Gasteiger partial charge < -0.3 is 19.7 Å². The Kier molecular flexibility index (Phi) is 0.757. The molecule has 56 valence electrons. The Morgan fingerprint density at radius 3 is 1.30 bits per heavy atom. The van der Waals surface area contributed by atoms with Gasteiger partial charge in [0.1, 0.15) is 36.6 Å². The van der Waals surface area contributed by atoms with Gasteiger partial charge in [-0.05, 0) is 0 Å². The zero-order valence-electron chi connectivity index (χ0n) is 5.18. The quantitative estimate of drug-likeness (QED) is 0.396. The lowest BCUT2D eigenvalue weighted by atomic mass is 9.95. The van der Waals surface area contributed by atoms with Crippen LogP contribution in [-0.4, -0.2) is 46.8 Å². The van der Waals surface area contributed by atoms with Crippen LogP contribution >= 0.6 is 0 Å². The average molecular weight is 144 g/mol. The van der Waals surface area contributed by atoms with Crippen molar-refractivity contribution in [1.29, 1.82) is 0 Å². The van der Waals surface area contributed by atoms with Crippen molar-refractivity contribution in [3.63, 3.8) is 0 Å². The minimum atomic E-state index is -0.501. The first kappa shape index (κ1) is 5.49. The summed E-state index contributed by atoms with van der Waals surface area (Å²) in [6, 6.07) is 0.